The summed E-state index contributed by atoms with van der Waals surface area (Å²) in [7, 11) is -2.33. The summed E-state index contributed by atoms with van der Waals surface area (Å²) in [6.45, 7) is 2.78. The highest BCUT2D eigenvalue weighted by molar-refractivity contribution is 7.89. The van der Waals surface area contributed by atoms with E-state index in [9.17, 15) is 18.0 Å². The monoisotopic (exact) mass is 471 g/mol. The molecule has 2 N–H and O–H groups in total. The van der Waals surface area contributed by atoms with Crippen LogP contribution in [0.4, 0.5) is 5.69 Å². The van der Waals surface area contributed by atoms with Crippen LogP contribution in [0, 0.1) is 5.92 Å². The van der Waals surface area contributed by atoms with Gasteiger partial charge in [0.1, 0.15) is 10.6 Å². The zero-order valence-electron chi connectivity index (χ0n) is 18.8. The zero-order valence-corrected chi connectivity index (χ0v) is 19.7. The van der Waals surface area contributed by atoms with Crippen LogP contribution < -0.4 is 15.4 Å². The van der Waals surface area contributed by atoms with Gasteiger partial charge < -0.3 is 15.4 Å². The average molecular weight is 472 g/mol. The Morgan fingerprint density at radius 1 is 1.06 bits per heavy atom. The van der Waals surface area contributed by atoms with Gasteiger partial charge in [0.2, 0.25) is 15.9 Å². The van der Waals surface area contributed by atoms with Crippen LogP contribution in [0.2, 0.25) is 0 Å². The van der Waals surface area contributed by atoms with Crippen LogP contribution in [0.15, 0.2) is 47.4 Å². The minimum atomic E-state index is -3.74. The van der Waals surface area contributed by atoms with Gasteiger partial charge in [-0.05, 0) is 68.5 Å². The summed E-state index contributed by atoms with van der Waals surface area (Å²) in [6, 6.07) is 11.5. The maximum absolute atomic E-state index is 13.1. The molecule has 1 heterocycles. The van der Waals surface area contributed by atoms with Gasteiger partial charge in [-0.2, -0.15) is 4.31 Å². The van der Waals surface area contributed by atoms with Gasteiger partial charge in [-0.3, -0.25) is 9.59 Å². The lowest BCUT2D eigenvalue weighted by Gasteiger charge is -2.19. The Morgan fingerprint density at radius 2 is 1.73 bits per heavy atom. The fourth-order valence-electron chi connectivity index (χ4n) is 3.90. The second-order valence-electron chi connectivity index (χ2n) is 8.56. The molecule has 1 aliphatic heterocycles. The van der Waals surface area contributed by atoms with Crippen LogP contribution in [0.3, 0.4) is 0 Å². The summed E-state index contributed by atoms with van der Waals surface area (Å²) in [5.74, 6) is 0.0133. The molecule has 1 atom stereocenters. The Morgan fingerprint density at radius 3 is 2.33 bits per heavy atom. The van der Waals surface area contributed by atoms with Crippen LogP contribution >= 0.6 is 0 Å². The molecular formula is C24H29N3O5S. The number of carbonyl (C=O) groups is 2. The fourth-order valence-corrected chi connectivity index (χ4v) is 5.59. The van der Waals surface area contributed by atoms with E-state index < -0.39 is 10.0 Å². The molecule has 0 aromatic heterocycles. The van der Waals surface area contributed by atoms with E-state index in [0.29, 0.717) is 13.1 Å². The summed E-state index contributed by atoms with van der Waals surface area (Å²) < 4.78 is 32.8. The number of carbonyl (C=O) groups excluding carboxylic acids is 2. The van der Waals surface area contributed by atoms with Gasteiger partial charge in [0.05, 0.1) is 13.2 Å². The molecule has 2 fully saturated rings. The van der Waals surface area contributed by atoms with Crippen LogP contribution in [-0.4, -0.2) is 44.7 Å². The molecule has 2 aromatic rings. The first-order valence-electron chi connectivity index (χ1n) is 11.2. The van der Waals surface area contributed by atoms with Crippen molar-refractivity contribution in [1.29, 1.82) is 0 Å². The van der Waals surface area contributed by atoms with Crippen LogP contribution in [0.25, 0.3) is 0 Å². The smallest absolute Gasteiger partial charge is 0.251 e. The minimum Gasteiger partial charge on any atom is -0.495 e. The number of nitrogens with zero attached hydrogens (tertiary/aromatic N) is 1. The Bertz CT molecular complexity index is 1140. The van der Waals surface area contributed by atoms with Crippen LogP contribution in [0.5, 0.6) is 5.75 Å². The third-order valence-electron chi connectivity index (χ3n) is 6.08. The van der Waals surface area contributed by atoms with Crippen molar-refractivity contribution in [3.63, 3.8) is 0 Å². The van der Waals surface area contributed by atoms with Crippen molar-refractivity contribution in [2.75, 3.05) is 25.5 Å². The van der Waals surface area contributed by atoms with Crippen molar-refractivity contribution in [3.05, 3.63) is 53.6 Å². The highest BCUT2D eigenvalue weighted by Gasteiger charge is 2.31. The summed E-state index contributed by atoms with van der Waals surface area (Å²) in [5.41, 5.74) is 1.83. The highest BCUT2D eigenvalue weighted by atomic mass is 32.2. The molecule has 33 heavy (non-hydrogen) atoms. The standard InChI is InChI=1S/C24H29N3O5S/c1-16(17-7-10-20(11-8-17)26-23(28)18-5-6-18)25-24(29)19-9-12-21(32-2)22(15-19)33(30,31)27-13-3-4-14-27/h7-12,15-16,18H,3-6,13-14H2,1-2H3,(H,25,29)(H,26,28). The zero-order chi connectivity index (χ0) is 23.6. The van der Waals surface area contributed by atoms with Crippen LogP contribution in [0.1, 0.15) is 54.6 Å². The second kappa shape index (κ2) is 9.52. The van der Waals surface area contributed by atoms with Crippen molar-refractivity contribution in [2.45, 2.75) is 43.5 Å². The first kappa shape index (κ1) is 23.3. The molecule has 9 heteroatoms. The molecule has 2 amide bonds. The summed E-state index contributed by atoms with van der Waals surface area (Å²) in [5, 5.41) is 5.80. The van der Waals surface area contributed by atoms with Gasteiger partial charge in [0.15, 0.2) is 0 Å². The van der Waals surface area contributed by atoms with Crippen LogP contribution in [-0.2, 0) is 14.8 Å². The van der Waals surface area contributed by atoms with Crippen molar-refractivity contribution >= 4 is 27.5 Å². The lowest BCUT2D eigenvalue weighted by Crippen LogP contribution is -2.29. The third-order valence-corrected chi connectivity index (χ3v) is 8.00. The Hall–Kier alpha value is -2.91. The normalized spacial score (nSPS) is 17.4. The predicted molar refractivity (Wildman–Crippen MR) is 125 cm³/mol. The number of ether oxygens (including phenoxy) is 1. The maximum Gasteiger partial charge on any atom is 0.251 e. The Balaban J connectivity index is 1.47. The van der Waals surface area contributed by atoms with E-state index in [-0.39, 0.29) is 40.0 Å². The quantitative estimate of drug-likeness (QED) is 0.615. The van der Waals surface area contributed by atoms with Gasteiger partial charge in [0, 0.05) is 30.3 Å². The van der Waals surface area contributed by atoms with E-state index in [1.807, 2.05) is 31.2 Å². The minimum absolute atomic E-state index is 0.00274. The molecule has 8 nitrogen and oxygen atoms in total. The largest absolute Gasteiger partial charge is 0.495 e. The lowest BCUT2D eigenvalue weighted by molar-refractivity contribution is -0.117. The van der Waals surface area contributed by atoms with Gasteiger partial charge in [-0.25, -0.2) is 8.42 Å². The topological polar surface area (TPSA) is 105 Å². The van der Waals surface area contributed by atoms with E-state index in [2.05, 4.69) is 10.6 Å². The van der Waals surface area contributed by atoms with E-state index >= 15 is 0 Å². The predicted octanol–water partition coefficient (Wildman–Crippen LogP) is 3.32. The maximum atomic E-state index is 13.1. The first-order valence-corrected chi connectivity index (χ1v) is 12.6. The Labute approximate surface area is 194 Å². The Kier molecular flexibility index (Phi) is 6.71. The molecule has 4 rings (SSSR count). The van der Waals surface area contributed by atoms with Gasteiger partial charge in [-0.15, -0.1) is 0 Å². The lowest BCUT2D eigenvalue weighted by atomic mass is 10.1. The number of hydrogen-bond acceptors (Lipinski definition) is 5. The summed E-state index contributed by atoms with van der Waals surface area (Å²) >= 11 is 0. The van der Waals surface area contributed by atoms with Crippen molar-refractivity contribution in [1.82, 2.24) is 9.62 Å². The number of methoxy groups -OCH3 is 1. The third kappa shape index (κ3) is 5.20. The molecule has 2 aliphatic rings. The SMILES string of the molecule is COc1ccc(C(=O)NC(C)c2ccc(NC(=O)C3CC3)cc2)cc1S(=O)(=O)N1CCCC1. The number of hydrogen-bond donors (Lipinski definition) is 2. The molecule has 1 saturated carbocycles. The summed E-state index contributed by atoms with van der Waals surface area (Å²) in [4.78, 5) is 24.8. The molecule has 0 bridgehead atoms. The van der Waals surface area contributed by atoms with Crippen molar-refractivity contribution in [2.24, 2.45) is 5.92 Å². The molecule has 2 aromatic carbocycles. The van der Waals surface area contributed by atoms with Crippen molar-refractivity contribution in [3.8, 4) is 5.75 Å². The average Bonchev–Trinajstić information content (AvgIpc) is 3.52. The second-order valence-corrected chi connectivity index (χ2v) is 10.5. The first-order chi connectivity index (χ1) is 15.8. The molecule has 1 aliphatic carbocycles. The number of amides is 2. The van der Waals surface area contributed by atoms with Crippen molar-refractivity contribution < 1.29 is 22.7 Å². The molecule has 176 valence electrons. The number of nitrogens with one attached hydrogen (secondary N) is 2. The summed E-state index contributed by atoms with van der Waals surface area (Å²) in [6.07, 6.45) is 3.53. The number of benzene rings is 2. The van der Waals surface area contributed by atoms with E-state index in [4.69, 9.17) is 4.74 Å². The number of rotatable bonds is 8. The number of sulfonamides is 1. The molecule has 1 saturated heterocycles. The van der Waals surface area contributed by atoms with E-state index in [0.717, 1.165) is 36.9 Å². The molecule has 0 radical (unpaired) electrons. The van der Waals surface area contributed by atoms with E-state index in [1.54, 1.807) is 6.07 Å². The van der Waals surface area contributed by atoms with Gasteiger partial charge in [-0.1, -0.05) is 12.1 Å². The van der Waals surface area contributed by atoms with Gasteiger partial charge in [0.25, 0.3) is 5.91 Å². The molecule has 0 spiro atoms. The van der Waals surface area contributed by atoms with Gasteiger partial charge >= 0.3 is 0 Å². The molecular weight excluding hydrogens is 442 g/mol. The molecule has 1 unspecified atom stereocenters. The number of anilines is 1. The fraction of sp³-hybridized carbons (Fsp3) is 0.417. The highest BCUT2D eigenvalue weighted by Crippen LogP contribution is 2.31. The van der Waals surface area contributed by atoms with E-state index in [1.165, 1.54) is 23.5 Å².